The van der Waals surface area contributed by atoms with E-state index in [4.69, 9.17) is 11.6 Å². The summed E-state index contributed by atoms with van der Waals surface area (Å²) in [7, 11) is 1.81. The van der Waals surface area contributed by atoms with Gasteiger partial charge in [0.2, 0.25) is 9.47 Å². The number of hydrogen-bond acceptors (Lipinski definition) is 5. The lowest BCUT2D eigenvalue weighted by Crippen LogP contribution is -2.26. The van der Waals surface area contributed by atoms with Crippen molar-refractivity contribution in [3.63, 3.8) is 0 Å². The third-order valence-corrected chi connectivity index (χ3v) is 3.97. The second kappa shape index (κ2) is 6.36. The molecule has 0 saturated heterocycles. The topological polar surface area (TPSA) is 58.1 Å². The van der Waals surface area contributed by atoms with Crippen LogP contribution in [0.3, 0.4) is 0 Å². The first-order chi connectivity index (χ1) is 9.88. The molecule has 0 radical (unpaired) electrons. The molecular formula is C13H14ClFN4OS. The van der Waals surface area contributed by atoms with E-state index in [0.29, 0.717) is 11.4 Å². The Labute approximate surface area is 130 Å². The largest absolute Gasteiger partial charge is 0.370 e. The molecule has 0 spiro atoms. The number of nitrogens with zero attached hydrogens (tertiary/aromatic N) is 3. The van der Waals surface area contributed by atoms with Crippen molar-refractivity contribution in [2.24, 2.45) is 0 Å². The van der Waals surface area contributed by atoms with Gasteiger partial charge in [0.25, 0.3) is 5.91 Å². The minimum atomic E-state index is -0.469. The van der Waals surface area contributed by atoms with E-state index in [2.05, 4.69) is 15.5 Å². The molecule has 112 valence electrons. The maximum Gasteiger partial charge on any atom is 0.286 e. The summed E-state index contributed by atoms with van der Waals surface area (Å²) in [6.45, 7) is 3.93. The van der Waals surface area contributed by atoms with Crippen LogP contribution in [-0.2, 0) is 0 Å². The van der Waals surface area contributed by atoms with Gasteiger partial charge in [-0.15, -0.1) is 10.2 Å². The number of halogens is 2. The van der Waals surface area contributed by atoms with Crippen molar-refractivity contribution in [2.45, 2.75) is 19.9 Å². The molecule has 1 aromatic heterocycles. The summed E-state index contributed by atoms with van der Waals surface area (Å²) in [5, 5.41) is 9.86. The molecule has 0 saturated carbocycles. The van der Waals surface area contributed by atoms with Gasteiger partial charge in [-0.3, -0.25) is 4.79 Å². The lowest BCUT2D eigenvalue weighted by Gasteiger charge is -2.24. The minimum Gasteiger partial charge on any atom is -0.370 e. The molecule has 2 rings (SSSR count). The number of rotatable bonds is 4. The molecule has 0 unspecified atom stereocenters. The van der Waals surface area contributed by atoms with E-state index in [0.717, 1.165) is 11.3 Å². The van der Waals surface area contributed by atoms with E-state index in [9.17, 15) is 9.18 Å². The van der Waals surface area contributed by atoms with Crippen LogP contribution in [0.25, 0.3) is 0 Å². The molecule has 1 N–H and O–H groups in total. The average Bonchev–Trinajstić information content (AvgIpc) is 2.85. The van der Waals surface area contributed by atoms with Gasteiger partial charge in [0.05, 0.1) is 5.69 Å². The van der Waals surface area contributed by atoms with E-state index in [1.165, 1.54) is 6.07 Å². The second-order valence-electron chi connectivity index (χ2n) is 4.69. The van der Waals surface area contributed by atoms with Crippen molar-refractivity contribution >= 4 is 40.2 Å². The Morgan fingerprint density at radius 3 is 2.67 bits per heavy atom. The van der Waals surface area contributed by atoms with E-state index < -0.39 is 11.7 Å². The van der Waals surface area contributed by atoms with Gasteiger partial charge in [-0.05, 0) is 43.6 Å². The van der Waals surface area contributed by atoms with Gasteiger partial charge < -0.3 is 10.2 Å². The summed E-state index contributed by atoms with van der Waals surface area (Å²) in [4.78, 5) is 13.7. The smallest absolute Gasteiger partial charge is 0.286 e. The molecule has 5 nitrogen and oxygen atoms in total. The van der Waals surface area contributed by atoms with Crippen LogP contribution in [-0.4, -0.2) is 29.2 Å². The first-order valence-electron chi connectivity index (χ1n) is 6.21. The van der Waals surface area contributed by atoms with Crippen LogP contribution in [0, 0.1) is 5.82 Å². The molecule has 0 aliphatic rings. The first kappa shape index (κ1) is 15.7. The van der Waals surface area contributed by atoms with Crippen LogP contribution in [0.5, 0.6) is 0 Å². The SMILES string of the molecule is CC(C)N(C)c1ccc(NC(=O)c2nnc(Cl)s2)cc1F. The summed E-state index contributed by atoms with van der Waals surface area (Å²) < 4.78 is 14.3. The van der Waals surface area contributed by atoms with Crippen LogP contribution in [0.4, 0.5) is 15.8 Å². The lowest BCUT2D eigenvalue weighted by molar-refractivity contribution is 0.102. The highest BCUT2D eigenvalue weighted by molar-refractivity contribution is 7.17. The summed E-state index contributed by atoms with van der Waals surface area (Å²) in [6.07, 6.45) is 0. The highest BCUT2D eigenvalue weighted by Gasteiger charge is 2.15. The quantitative estimate of drug-likeness (QED) is 0.934. The molecule has 1 amide bonds. The standard InChI is InChI=1S/C13H14ClFN4OS/c1-7(2)19(3)10-5-4-8(6-9(10)15)16-11(20)12-17-18-13(14)21-12/h4-7H,1-3H3,(H,16,20). The normalized spacial score (nSPS) is 10.8. The molecule has 0 fully saturated rings. The van der Waals surface area contributed by atoms with Crippen molar-refractivity contribution in [3.05, 3.63) is 33.5 Å². The molecule has 0 aliphatic carbocycles. The van der Waals surface area contributed by atoms with Gasteiger partial charge in [-0.25, -0.2) is 4.39 Å². The molecule has 1 aromatic carbocycles. The van der Waals surface area contributed by atoms with Gasteiger partial charge in [0.15, 0.2) is 0 Å². The van der Waals surface area contributed by atoms with Gasteiger partial charge in [-0.2, -0.15) is 0 Å². The zero-order valence-corrected chi connectivity index (χ0v) is 13.3. The van der Waals surface area contributed by atoms with E-state index >= 15 is 0 Å². The lowest BCUT2D eigenvalue weighted by atomic mass is 10.2. The van der Waals surface area contributed by atoms with Crippen LogP contribution < -0.4 is 10.2 Å². The molecule has 0 bridgehead atoms. The number of carbonyl (C=O) groups is 1. The molecule has 0 aliphatic heterocycles. The summed E-state index contributed by atoms with van der Waals surface area (Å²) >= 11 is 6.58. The van der Waals surface area contributed by atoms with E-state index in [1.807, 2.05) is 25.8 Å². The van der Waals surface area contributed by atoms with Crippen molar-refractivity contribution in [3.8, 4) is 0 Å². The predicted octanol–water partition coefficient (Wildman–Crippen LogP) is 3.43. The molecule has 0 atom stereocenters. The van der Waals surface area contributed by atoms with E-state index in [1.54, 1.807) is 12.1 Å². The van der Waals surface area contributed by atoms with E-state index in [-0.39, 0.29) is 15.5 Å². The molecular weight excluding hydrogens is 315 g/mol. The van der Waals surface area contributed by atoms with Crippen molar-refractivity contribution < 1.29 is 9.18 Å². The number of nitrogens with one attached hydrogen (secondary N) is 1. The number of hydrogen-bond donors (Lipinski definition) is 1. The fourth-order valence-electron chi connectivity index (χ4n) is 1.63. The average molecular weight is 329 g/mol. The number of amides is 1. The Morgan fingerprint density at radius 2 is 2.14 bits per heavy atom. The van der Waals surface area contributed by atoms with Crippen molar-refractivity contribution in [1.29, 1.82) is 0 Å². The highest BCUT2D eigenvalue weighted by atomic mass is 35.5. The summed E-state index contributed by atoms with van der Waals surface area (Å²) in [6, 6.07) is 4.70. The van der Waals surface area contributed by atoms with Crippen LogP contribution in [0.1, 0.15) is 23.6 Å². The second-order valence-corrected chi connectivity index (χ2v) is 6.24. The van der Waals surface area contributed by atoms with Crippen molar-refractivity contribution in [2.75, 3.05) is 17.3 Å². The van der Waals surface area contributed by atoms with Gasteiger partial charge in [0.1, 0.15) is 5.82 Å². The monoisotopic (exact) mass is 328 g/mol. The summed E-state index contributed by atoms with van der Waals surface area (Å²) in [5.41, 5.74) is 0.826. The predicted molar refractivity (Wildman–Crippen MR) is 82.8 cm³/mol. The third-order valence-electron chi connectivity index (χ3n) is 2.95. The fraction of sp³-hybridized carbons (Fsp3) is 0.308. The Morgan fingerprint density at radius 1 is 1.43 bits per heavy atom. The van der Waals surface area contributed by atoms with Gasteiger partial charge >= 0.3 is 0 Å². The Kier molecular flexibility index (Phi) is 4.74. The van der Waals surface area contributed by atoms with Crippen LogP contribution in [0.2, 0.25) is 4.47 Å². The maximum absolute atomic E-state index is 14.1. The summed E-state index contributed by atoms with van der Waals surface area (Å²) in [5.74, 6) is -0.872. The molecule has 8 heteroatoms. The minimum absolute atomic E-state index is 0.129. The number of benzene rings is 1. The Bertz CT molecular complexity index is 661. The van der Waals surface area contributed by atoms with Gasteiger partial charge in [0, 0.05) is 18.8 Å². The maximum atomic E-state index is 14.1. The first-order valence-corrected chi connectivity index (χ1v) is 7.40. The zero-order chi connectivity index (χ0) is 15.6. The Balaban J connectivity index is 2.15. The molecule has 1 heterocycles. The highest BCUT2D eigenvalue weighted by Crippen LogP contribution is 2.24. The molecule has 21 heavy (non-hydrogen) atoms. The van der Waals surface area contributed by atoms with Crippen LogP contribution in [0.15, 0.2) is 18.2 Å². The third kappa shape index (κ3) is 3.68. The fourth-order valence-corrected chi connectivity index (χ4v) is 2.35. The molecule has 2 aromatic rings. The van der Waals surface area contributed by atoms with Crippen molar-refractivity contribution in [1.82, 2.24) is 10.2 Å². The zero-order valence-electron chi connectivity index (χ0n) is 11.7. The number of aromatic nitrogens is 2. The Hall–Kier alpha value is -1.73. The number of anilines is 2. The number of carbonyl (C=O) groups excluding carboxylic acids is 1. The van der Waals surface area contributed by atoms with Crippen LogP contribution >= 0.6 is 22.9 Å². The van der Waals surface area contributed by atoms with Gasteiger partial charge in [-0.1, -0.05) is 11.3 Å².